The van der Waals surface area contributed by atoms with Crippen molar-refractivity contribution in [2.24, 2.45) is 7.05 Å². The van der Waals surface area contributed by atoms with Gasteiger partial charge in [-0.2, -0.15) is 0 Å². The fraction of sp³-hybridized carbons (Fsp3) is 0.214. The van der Waals surface area contributed by atoms with Crippen LogP contribution in [0.3, 0.4) is 0 Å². The number of nitrogen functional groups attached to an aromatic ring is 1. The smallest absolute Gasteiger partial charge is 0.229 e. The third-order valence-corrected chi connectivity index (χ3v) is 3.72. The molecule has 0 aliphatic carbocycles. The summed E-state index contributed by atoms with van der Waals surface area (Å²) in [5.41, 5.74) is 11.4. The molecule has 0 amide bonds. The standard InChI is InChI=1S/C14H15N3O/c1-8-9(2)17(3)13-5-4-10(6-11(8)13)12-7-16-18-14(12)15/h4-7H,15H2,1-3H3. The number of hydrogen-bond donors (Lipinski definition) is 1. The Morgan fingerprint density at radius 2 is 2.06 bits per heavy atom. The highest BCUT2D eigenvalue weighted by Crippen LogP contribution is 2.31. The lowest BCUT2D eigenvalue weighted by molar-refractivity contribution is 0.436. The minimum Gasteiger partial charge on any atom is -0.367 e. The Morgan fingerprint density at radius 3 is 2.72 bits per heavy atom. The monoisotopic (exact) mass is 241 g/mol. The van der Waals surface area contributed by atoms with Gasteiger partial charge in [0.25, 0.3) is 0 Å². The van der Waals surface area contributed by atoms with Gasteiger partial charge in [-0.1, -0.05) is 11.2 Å². The van der Waals surface area contributed by atoms with Gasteiger partial charge in [-0.25, -0.2) is 0 Å². The first-order chi connectivity index (χ1) is 8.59. The molecule has 2 aromatic heterocycles. The van der Waals surface area contributed by atoms with Crippen molar-refractivity contribution in [2.75, 3.05) is 5.73 Å². The Labute approximate surface area is 105 Å². The molecule has 3 aromatic rings. The molecule has 4 heteroatoms. The minimum absolute atomic E-state index is 0.361. The van der Waals surface area contributed by atoms with Crippen LogP contribution in [0.5, 0.6) is 0 Å². The molecule has 0 fully saturated rings. The number of aromatic nitrogens is 2. The third-order valence-electron chi connectivity index (χ3n) is 3.72. The van der Waals surface area contributed by atoms with Crippen LogP contribution in [0.2, 0.25) is 0 Å². The van der Waals surface area contributed by atoms with E-state index >= 15 is 0 Å². The lowest BCUT2D eigenvalue weighted by Crippen LogP contribution is -1.90. The van der Waals surface area contributed by atoms with Crippen LogP contribution in [0, 0.1) is 13.8 Å². The lowest BCUT2D eigenvalue weighted by Gasteiger charge is -2.01. The largest absolute Gasteiger partial charge is 0.367 e. The fourth-order valence-corrected chi connectivity index (χ4v) is 2.39. The van der Waals surface area contributed by atoms with Crippen LogP contribution in [0.1, 0.15) is 11.3 Å². The van der Waals surface area contributed by atoms with Crippen LogP contribution in [-0.2, 0) is 7.05 Å². The summed E-state index contributed by atoms with van der Waals surface area (Å²) < 4.78 is 7.11. The van der Waals surface area contributed by atoms with E-state index < -0.39 is 0 Å². The number of benzene rings is 1. The topological polar surface area (TPSA) is 57.0 Å². The molecular weight excluding hydrogens is 226 g/mol. The Kier molecular flexibility index (Phi) is 2.20. The average molecular weight is 241 g/mol. The summed E-state index contributed by atoms with van der Waals surface area (Å²) in [6, 6.07) is 6.29. The number of nitrogens with two attached hydrogens (primary N) is 1. The van der Waals surface area contributed by atoms with Crippen LogP contribution in [0.15, 0.2) is 28.9 Å². The summed E-state index contributed by atoms with van der Waals surface area (Å²) in [5.74, 6) is 0.361. The van der Waals surface area contributed by atoms with E-state index in [-0.39, 0.29) is 0 Å². The number of rotatable bonds is 1. The predicted octanol–water partition coefficient (Wildman–Crippen LogP) is 3.03. The molecule has 2 N–H and O–H groups in total. The molecule has 0 aliphatic heterocycles. The number of fused-ring (bicyclic) bond motifs is 1. The summed E-state index contributed by atoms with van der Waals surface area (Å²) in [4.78, 5) is 0. The van der Waals surface area contributed by atoms with Crippen molar-refractivity contribution in [1.82, 2.24) is 9.72 Å². The van der Waals surface area contributed by atoms with Crippen molar-refractivity contribution in [2.45, 2.75) is 13.8 Å². The van der Waals surface area contributed by atoms with Crippen molar-refractivity contribution >= 4 is 16.8 Å². The Morgan fingerprint density at radius 1 is 1.28 bits per heavy atom. The zero-order chi connectivity index (χ0) is 12.9. The second-order valence-electron chi connectivity index (χ2n) is 4.61. The number of anilines is 1. The molecule has 0 saturated carbocycles. The zero-order valence-corrected chi connectivity index (χ0v) is 10.7. The van der Waals surface area contributed by atoms with E-state index in [1.165, 1.54) is 22.2 Å². The summed E-state index contributed by atoms with van der Waals surface area (Å²) in [7, 11) is 2.08. The van der Waals surface area contributed by atoms with Crippen molar-refractivity contribution in [3.05, 3.63) is 35.7 Å². The molecule has 0 bridgehead atoms. The SMILES string of the molecule is Cc1c(C)n(C)c2ccc(-c3cnoc3N)cc12. The fourth-order valence-electron chi connectivity index (χ4n) is 2.39. The van der Waals surface area contributed by atoms with Gasteiger partial charge in [0.2, 0.25) is 5.88 Å². The molecule has 2 heterocycles. The highest BCUT2D eigenvalue weighted by Gasteiger charge is 2.12. The summed E-state index contributed by atoms with van der Waals surface area (Å²) in [6.45, 7) is 4.27. The molecule has 0 saturated heterocycles. The first-order valence-corrected chi connectivity index (χ1v) is 5.85. The normalized spacial score (nSPS) is 11.3. The van der Waals surface area contributed by atoms with E-state index in [1.807, 2.05) is 6.07 Å². The van der Waals surface area contributed by atoms with Crippen LogP contribution < -0.4 is 5.73 Å². The van der Waals surface area contributed by atoms with E-state index in [2.05, 4.69) is 42.8 Å². The quantitative estimate of drug-likeness (QED) is 0.712. The molecule has 92 valence electrons. The Bertz CT molecular complexity index is 737. The highest BCUT2D eigenvalue weighted by atomic mass is 16.5. The first-order valence-electron chi connectivity index (χ1n) is 5.85. The maximum atomic E-state index is 5.76. The van der Waals surface area contributed by atoms with E-state index in [0.717, 1.165) is 11.1 Å². The van der Waals surface area contributed by atoms with E-state index in [4.69, 9.17) is 10.3 Å². The van der Waals surface area contributed by atoms with Gasteiger partial charge in [0.15, 0.2) is 0 Å². The number of nitrogens with zero attached hydrogens (tertiary/aromatic N) is 2. The van der Waals surface area contributed by atoms with Gasteiger partial charge in [0.05, 0.1) is 11.8 Å². The minimum atomic E-state index is 0.361. The van der Waals surface area contributed by atoms with E-state index in [9.17, 15) is 0 Å². The van der Waals surface area contributed by atoms with Gasteiger partial charge in [-0.15, -0.1) is 0 Å². The van der Waals surface area contributed by atoms with Crippen molar-refractivity contribution < 1.29 is 4.52 Å². The molecular formula is C14H15N3O. The molecule has 4 nitrogen and oxygen atoms in total. The maximum Gasteiger partial charge on any atom is 0.229 e. The summed E-state index contributed by atoms with van der Waals surface area (Å²) >= 11 is 0. The molecule has 1 aromatic carbocycles. The second kappa shape index (κ2) is 3.63. The third kappa shape index (κ3) is 1.35. The molecule has 0 unspecified atom stereocenters. The van der Waals surface area contributed by atoms with Crippen LogP contribution in [-0.4, -0.2) is 9.72 Å². The van der Waals surface area contributed by atoms with Gasteiger partial charge in [-0.3, -0.25) is 0 Å². The highest BCUT2D eigenvalue weighted by molar-refractivity contribution is 5.90. The lowest BCUT2D eigenvalue weighted by atomic mass is 10.0. The molecule has 0 spiro atoms. The van der Waals surface area contributed by atoms with Crippen molar-refractivity contribution in [3.8, 4) is 11.1 Å². The molecule has 0 aliphatic rings. The van der Waals surface area contributed by atoms with Crippen LogP contribution >= 0.6 is 0 Å². The van der Waals surface area contributed by atoms with Gasteiger partial charge < -0.3 is 14.8 Å². The second-order valence-corrected chi connectivity index (χ2v) is 4.61. The Hall–Kier alpha value is -2.23. The number of hydrogen-bond acceptors (Lipinski definition) is 3. The van der Waals surface area contributed by atoms with Gasteiger partial charge in [-0.05, 0) is 37.1 Å². The molecule has 0 radical (unpaired) electrons. The molecule has 0 atom stereocenters. The van der Waals surface area contributed by atoms with Gasteiger partial charge >= 0.3 is 0 Å². The maximum absolute atomic E-state index is 5.76. The molecule has 3 rings (SSSR count). The van der Waals surface area contributed by atoms with Crippen LogP contribution in [0.25, 0.3) is 22.0 Å². The molecule has 18 heavy (non-hydrogen) atoms. The van der Waals surface area contributed by atoms with Crippen molar-refractivity contribution in [1.29, 1.82) is 0 Å². The van der Waals surface area contributed by atoms with E-state index in [1.54, 1.807) is 6.20 Å². The van der Waals surface area contributed by atoms with Crippen LogP contribution in [0.4, 0.5) is 5.88 Å². The van der Waals surface area contributed by atoms with Crippen molar-refractivity contribution in [3.63, 3.8) is 0 Å². The zero-order valence-electron chi connectivity index (χ0n) is 10.7. The number of aryl methyl sites for hydroxylation is 2. The van der Waals surface area contributed by atoms with Gasteiger partial charge in [0.1, 0.15) is 0 Å². The first kappa shape index (κ1) is 10.9. The Balaban J connectivity index is 2.29. The predicted molar refractivity (Wildman–Crippen MR) is 72.3 cm³/mol. The average Bonchev–Trinajstić information content (AvgIpc) is 2.89. The summed E-state index contributed by atoms with van der Waals surface area (Å²) in [6.07, 6.45) is 1.65. The van der Waals surface area contributed by atoms with Gasteiger partial charge in [0, 0.05) is 23.6 Å². The van der Waals surface area contributed by atoms with E-state index in [0.29, 0.717) is 5.88 Å². The summed E-state index contributed by atoms with van der Waals surface area (Å²) in [5, 5.41) is 4.96.